The van der Waals surface area contributed by atoms with Crippen molar-refractivity contribution >= 4 is 5.91 Å². The molecule has 0 fully saturated rings. The third kappa shape index (κ3) is 2.85. The first kappa shape index (κ1) is 9.70. The molecular formula is C8H14N4O. The van der Waals surface area contributed by atoms with Crippen molar-refractivity contribution in [3.63, 3.8) is 0 Å². The Balaban J connectivity index is 2.40. The van der Waals surface area contributed by atoms with E-state index in [-0.39, 0.29) is 11.3 Å². The molecule has 0 aromatic carbocycles. The smallest absolute Gasteiger partial charge is 0.225 e. The fourth-order valence-electron chi connectivity index (χ4n) is 0.745. The van der Waals surface area contributed by atoms with Gasteiger partial charge in [0, 0.05) is 5.41 Å². The van der Waals surface area contributed by atoms with Gasteiger partial charge in [0.2, 0.25) is 5.91 Å². The Labute approximate surface area is 76.9 Å². The summed E-state index contributed by atoms with van der Waals surface area (Å²) in [5.74, 6) is 0.668. The Morgan fingerprint density at radius 2 is 2.31 bits per heavy atom. The van der Waals surface area contributed by atoms with E-state index >= 15 is 0 Å². The Morgan fingerprint density at radius 3 is 2.77 bits per heavy atom. The molecule has 1 heterocycles. The van der Waals surface area contributed by atoms with Gasteiger partial charge in [-0.2, -0.15) is 5.10 Å². The number of H-pyrrole nitrogens is 1. The highest BCUT2D eigenvalue weighted by Crippen LogP contribution is 2.12. The van der Waals surface area contributed by atoms with Crippen LogP contribution in [-0.4, -0.2) is 21.1 Å². The Morgan fingerprint density at radius 1 is 1.62 bits per heavy atom. The first-order valence-electron chi connectivity index (χ1n) is 4.12. The summed E-state index contributed by atoms with van der Waals surface area (Å²) < 4.78 is 0. The lowest BCUT2D eigenvalue weighted by molar-refractivity contribution is -0.128. The van der Waals surface area contributed by atoms with Gasteiger partial charge in [0.05, 0.1) is 6.54 Å². The summed E-state index contributed by atoms with van der Waals surface area (Å²) in [5.41, 5.74) is -0.361. The van der Waals surface area contributed by atoms with Crippen molar-refractivity contribution in [3.8, 4) is 0 Å². The molecule has 1 rings (SSSR count). The molecule has 0 unspecified atom stereocenters. The molecule has 0 aliphatic carbocycles. The van der Waals surface area contributed by atoms with E-state index in [4.69, 9.17) is 0 Å². The van der Waals surface area contributed by atoms with Crippen LogP contribution in [0.25, 0.3) is 0 Å². The average molecular weight is 182 g/mol. The standard InChI is InChI=1S/C8H14N4O/c1-8(2,3)7(13)9-4-6-10-5-11-12-6/h5H,4H2,1-3H3,(H,9,13)(H,10,11,12). The number of aromatic amines is 1. The topological polar surface area (TPSA) is 70.7 Å². The summed E-state index contributed by atoms with van der Waals surface area (Å²) in [7, 11) is 0. The average Bonchev–Trinajstić information content (AvgIpc) is 2.50. The zero-order valence-corrected chi connectivity index (χ0v) is 8.09. The molecule has 0 radical (unpaired) electrons. The summed E-state index contributed by atoms with van der Waals surface area (Å²) in [6.07, 6.45) is 1.42. The van der Waals surface area contributed by atoms with Gasteiger partial charge >= 0.3 is 0 Å². The second-order valence-corrected chi connectivity index (χ2v) is 3.86. The molecule has 0 saturated carbocycles. The second-order valence-electron chi connectivity index (χ2n) is 3.86. The number of carbonyl (C=O) groups excluding carboxylic acids is 1. The number of hydrogen-bond acceptors (Lipinski definition) is 3. The summed E-state index contributed by atoms with van der Waals surface area (Å²) >= 11 is 0. The van der Waals surface area contributed by atoms with E-state index in [9.17, 15) is 4.79 Å². The van der Waals surface area contributed by atoms with Crippen LogP contribution in [0.1, 0.15) is 26.6 Å². The largest absolute Gasteiger partial charge is 0.348 e. The second kappa shape index (κ2) is 3.55. The van der Waals surface area contributed by atoms with Crippen molar-refractivity contribution in [1.82, 2.24) is 20.5 Å². The molecule has 5 heteroatoms. The van der Waals surface area contributed by atoms with Crippen molar-refractivity contribution in [2.45, 2.75) is 27.3 Å². The number of rotatable bonds is 2. The zero-order valence-electron chi connectivity index (χ0n) is 8.09. The molecule has 1 amide bonds. The quantitative estimate of drug-likeness (QED) is 0.698. The van der Waals surface area contributed by atoms with Crippen LogP contribution in [0.15, 0.2) is 6.33 Å². The zero-order chi connectivity index (χ0) is 9.90. The van der Waals surface area contributed by atoms with E-state index in [2.05, 4.69) is 20.5 Å². The maximum absolute atomic E-state index is 11.4. The molecule has 0 aliphatic heterocycles. The van der Waals surface area contributed by atoms with Gasteiger partial charge in [-0.25, -0.2) is 4.98 Å². The van der Waals surface area contributed by atoms with Gasteiger partial charge in [-0.15, -0.1) is 0 Å². The molecule has 1 aromatic heterocycles. The molecule has 0 bridgehead atoms. The lowest BCUT2D eigenvalue weighted by atomic mass is 9.96. The number of amides is 1. The summed E-state index contributed by atoms with van der Waals surface area (Å²) in [6.45, 7) is 5.99. The van der Waals surface area contributed by atoms with E-state index < -0.39 is 0 Å². The number of carbonyl (C=O) groups is 1. The maximum Gasteiger partial charge on any atom is 0.225 e. The van der Waals surface area contributed by atoms with Crippen molar-refractivity contribution in [1.29, 1.82) is 0 Å². The van der Waals surface area contributed by atoms with Gasteiger partial charge in [0.1, 0.15) is 12.2 Å². The highest BCUT2D eigenvalue weighted by atomic mass is 16.2. The predicted molar refractivity (Wildman–Crippen MR) is 47.7 cm³/mol. The van der Waals surface area contributed by atoms with E-state index in [1.165, 1.54) is 6.33 Å². The van der Waals surface area contributed by atoms with Gasteiger partial charge in [0.15, 0.2) is 0 Å². The van der Waals surface area contributed by atoms with Gasteiger partial charge in [0.25, 0.3) is 0 Å². The van der Waals surface area contributed by atoms with Crippen LogP contribution in [-0.2, 0) is 11.3 Å². The molecule has 0 atom stereocenters. The normalized spacial score (nSPS) is 11.3. The first-order valence-corrected chi connectivity index (χ1v) is 4.12. The number of hydrogen-bond donors (Lipinski definition) is 2. The third-order valence-corrected chi connectivity index (χ3v) is 1.56. The predicted octanol–water partition coefficient (Wildman–Crippen LogP) is 0.467. The van der Waals surface area contributed by atoms with Gasteiger partial charge < -0.3 is 5.32 Å². The van der Waals surface area contributed by atoms with Crippen LogP contribution in [0.5, 0.6) is 0 Å². The van der Waals surface area contributed by atoms with Crippen molar-refractivity contribution in [3.05, 3.63) is 12.2 Å². The van der Waals surface area contributed by atoms with Crippen LogP contribution >= 0.6 is 0 Å². The molecule has 0 aliphatic rings. The van der Waals surface area contributed by atoms with Crippen molar-refractivity contribution in [2.75, 3.05) is 0 Å². The number of nitrogens with one attached hydrogen (secondary N) is 2. The van der Waals surface area contributed by atoms with Crippen LogP contribution < -0.4 is 5.32 Å². The monoisotopic (exact) mass is 182 g/mol. The SMILES string of the molecule is CC(C)(C)C(=O)NCc1ncn[nH]1. The minimum absolute atomic E-state index is 0.00361. The van der Waals surface area contributed by atoms with Crippen LogP contribution in [0, 0.1) is 5.41 Å². The van der Waals surface area contributed by atoms with Gasteiger partial charge in [-0.3, -0.25) is 9.89 Å². The van der Waals surface area contributed by atoms with Gasteiger partial charge in [-0.1, -0.05) is 20.8 Å². The molecule has 13 heavy (non-hydrogen) atoms. The minimum Gasteiger partial charge on any atom is -0.348 e. The van der Waals surface area contributed by atoms with Crippen LogP contribution in [0.3, 0.4) is 0 Å². The van der Waals surface area contributed by atoms with Crippen molar-refractivity contribution < 1.29 is 4.79 Å². The lowest BCUT2D eigenvalue weighted by Crippen LogP contribution is -2.34. The maximum atomic E-state index is 11.4. The first-order chi connectivity index (χ1) is 6.00. The van der Waals surface area contributed by atoms with E-state index in [1.54, 1.807) is 0 Å². The third-order valence-electron chi connectivity index (χ3n) is 1.56. The minimum atomic E-state index is -0.361. The van der Waals surface area contributed by atoms with E-state index in [0.717, 1.165) is 0 Å². The molecule has 5 nitrogen and oxygen atoms in total. The number of nitrogens with zero attached hydrogens (tertiary/aromatic N) is 2. The van der Waals surface area contributed by atoms with Crippen molar-refractivity contribution in [2.24, 2.45) is 5.41 Å². The van der Waals surface area contributed by atoms with Crippen LogP contribution in [0.2, 0.25) is 0 Å². The van der Waals surface area contributed by atoms with Crippen LogP contribution in [0.4, 0.5) is 0 Å². The fraction of sp³-hybridized carbons (Fsp3) is 0.625. The van der Waals surface area contributed by atoms with Gasteiger partial charge in [-0.05, 0) is 0 Å². The lowest BCUT2D eigenvalue weighted by Gasteiger charge is -2.16. The number of aromatic nitrogens is 3. The Hall–Kier alpha value is -1.39. The molecule has 0 saturated heterocycles. The summed E-state index contributed by atoms with van der Waals surface area (Å²) in [6, 6.07) is 0. The highest BCUT2D eigenvalue weighted by Gasteiger charge is 2.20. The summed E-state index contributed by atoms with van der Waals surface area (Å²) in [5, 5.41) is 9.10. The molecule has 0 spiro atoms. The molecule has 72 valence electrons. The molecule has 1 aromatic rings. The van der Waals surface area contributed by atoms with E-state index in [0.29, 0.717) is 12.4 Å². The fourth-order valence-corrected chi connectivity index (χ4v) is 0.745. The molecular weight excluding hydrogens is 168 g/mol. The summed E-state index contributed by atoms with van der Waals surface area (Å²) in [4.78, 5) is 15.3. The van der Waals surface area contributed by atoms with E-state index in [1.807, 2.05) is 20.8 Å². The Bertz CT molecular complexity index is 273. The highest BCUT2D eigenvalue weighted by molar-refractivity contribution is 5.81. The molecule has 2 N–H and O–H groups in total. The Kier molecular flexibility index (Phi) is 2.65.